The normalized spacial score (nSPS) is 11.0. The van der Waals surface area contributed by atoms with Gasteiger partial charge in [-0.05, 0) is 55.0 Å². The average Bonchev–Trinajstić information content (AvgIpc) is 2.76. The first kappa shape index (κ1) is 24.3. The highest BCUT2D eigenvalue weighted by Crippen LogP contribution is 2.27. The van der Waals surface area contributed by atoms with Crippen molar-refractivity contribution in [2.45, 2.75) is 11.8 Å². The Morgan fingerprint density at radius 1 is 1.03 bits per heavy atom. The van der Waals surface area contributed by atoms with E-state index >= 15 is 0 Å². The second-order valence-corrected chi connectivity index (χ2v) is 9.30. The van der Waals surface area contributed by atoms with E-state index in [2.05, 4.69) is 10.0 Å². The molecular formula is C21H17Cl2N3O6S. The number of benzene rings is 3. The van der Waals surface area contributed by atoms with Gasteiger partial charge in [0.1, 0.15) is 5.75 Å². The van der Waals surface area contributed by atoms with Crippen molar-refractivity contribution in [3.05, 3.63) is 86.4 Å². The molecule has 0 fully saturated rings. The van der Waals surface area contributed by atoms with Crippen LogP contribution in [0.5, 0.6) is 5.75 Å². The molecule has 0 heterocycles. The standard InChI is InChI=1S/C21H17Cl2N3O6S/c1-13-2-4-15(26(28)29)11-20(13)24-21(27)12-32-16-5-7-17(8-6-16)33(30,31)25-14-3-9-18(22)19(23)10-14/h2-11,25H,12H2,1H3,(H,24,27). The Bertz CT molecular complexity index is 1310. The quantitative estimate of drug-likeness (QED) is 0.323. The van der Waals surface area contributed by atoms with Crippen molar-refractivity contribution in [1.82, 2.24) is 0 Å². The van der Waals surface area contributed by atoms with Crippen molar-refractivity contribution < 1.29 is 22.9 Å². The number of carbonyl (C=O) groups is 1. The van der Waals surface area contributed by atoms with Gasteiger partial charge in [-0.2, -0.15) is 0 Å². The van der Waals surface area contributed by atoms with Gasteiger partial charge in [-0.15, -0.1) is 0 Å². The first-order valence-corrected chi connectivity index (χ1v) is 11.5. The number of carbonyl (C=O) groups excluding carboxylic acids is 1. The molecule has 2 N–H and O–H groups in total. The molecule has 3 rings (SSSR count). The lowest BCUT2D eigenvalue weighted by Gasteiger charge is -2.11. The van der Waals surface area contributed by atoms with E-state index in [1.165, 1.54) is 60.7 Å². The van der Waals surface area contributed by atoms with Crippen molar-refractivity contribution in [3.8, 4) is 5.75 Å². The second kappa shape index (κ2) is 10.1. The molecule has 9 nitrogen and oxygen atoms in total. The third-order valence-corrected chi connectivity index (χ3v) is 6.52. The summed E-state index contributed by atoms with van der Waals surface area (Å²) in [6, 6.07) is 13.9. The number of rotatable bonds is 8. The van der Waals surface area contributed by atoms with Crippen LogP contribution in [0.1, 0.15) is 5.56 Å². The van der Waals surface area contributed by atoms with Crippen molar-refractivity contribution in [1.29, 1.82) is 0 Å². The first-order valence-electron chi connectivity index (χ1n) is 9.31. The molecule has 0 saturated heterocycles. The van der Waals surface area contributed by atoms with E-state index in [-0.39, 0.29) is 33.6 Å². The number of hydrogen-bond donors (Lipinski definition) is 2. The molecule has 1 amide bonds. The smallest absolute Gasteiger partial charge is 0.271 e. The maximum Gasteiger partial charge on any atom is 0.271 e. The zero-order valence-corrected chi connectivity index (χ0v) is 19.4. The number of aryl methyl sites for hydroxylation is 1. The monoisotopic (exact) mass is 509 g/mol. The number of nitro groups is 1. The lowest BCUT2D eigenvalue weighted by atomic mass is 10.2. The Morgan fingerprint density at radius 2 is 1.73 bits per heavy atom. The Labute approximate surface area is 199 Å². The van der Waals surface area contributed by atoms with Gasteiger partial charge in [0.15, 0.2) is 6.61 Å². The van der Waals surface area contributed by atoms with E-state index < -0.39 is 20.9 Å². The van der Waals surface area contributed by atoms with Crippen LogP contribution in [0.4, 0.5) is 17.1 Å². The lowest BCUT2D eigenvalue weighted by Crippen LogP contribution is -2.20. The number of hydrogen-bond acceptors (Lipinski definition) is 6. The maximum absolute atomic E-state index is 12.5. The summed E-state index contributed by atoms with van der Waals surface area (Å²) in [6.07, 6.45) is 0. The van der Waals surface area contributed by atoms with Gasteiger partial charge in [0.25, 0.3) is 21.6 Å². The van der Waals surface area contributed by atoms with E-state index in [1.807, 2.05) is 0 Å². The molecule has 0 atom stereocenters. The van der Waals surface area contributed by atoms with Gasteiger partial charge in [-0.25, -0.2) is 8.42 Å². The van der Waals surface area contributed by atoms with Gasteiger partial charge in [0.05, 0.1) is 31.2 Å². The summed E-state index contributed by atoms with van der Waals surface area (Å²) in [5.41, 5.74) is 1.05. The maximum atomic E-state index is 12.5. The Balaban J connectivity index is 1.61. The third kappa shape index (κ3) is 6.35. The molecule has 33 heavy (non-hydrogen) atoms. The summed E-state index contributed by atoms with van der Waals surface area (Å²) >= 11 is 11.7. The molecule has 0 aliphatic rings. The van der Waals surface area contributed by atoms with Crippen LogP contribution in [0.3, 0.4) is 0 Å². The second-order valence-electron chi connectivity index (χ2n) is 6.80. The highest BCUT2D eigenvalue weighted by molar-refractivity contribution is 7.92. The number of amides is 1. The summed E-state index contributed by atoms with van der Waals surface area (Å²) in [5, 5.41) is 14.0. The van der Waals surface area contributed by atoms with Gasteiger partial charge >= 0.3 is 0 Å². The summed E-state index contributed by atoms with van der Waals surface area (Å²) in [6.45, 7) is 1.32. The largest absolute Gasteiger partial charge is 0.484 e. The summed E-state index contributed by atoms with van der Waals surface area (Å²) in [4.78, 5) is 22.5. The number of nitrogens with one attached hydrogen (secondary N) is 2. The zero-order valence-electron chi connectivity index (χ0n) is 17.0. The predicted molar refractivity (Wildman–Crippen MR) is 126 cm³/mol. The third-order valence-electron chi connectivity index (χ3n) is 4.38. The van der Waals surface area contributed by atoms with Crippen molar-refractivity contribution in [3.63, 3.8) is 0 Å². The number of nitrogens with zero attached hydrogens (tertiary/aromatic N) is 1. The SMILES string of the molecule is Cc1ccc([N+](=O)[O-])cc1NC(=O)COc1ccc(S(=O)(=O)Nc2ccc(Cl)c(Cl)c2)cc1. The van der Waals surface area contributed by atoms with Gasteiger partial charge in [0, 0.05) is 12.1 Å². The molecule has 0 radical (unpaired) electrons. The zero-order chi connectivity index (χ0) is 24.2. The topological polar surface area (TPSA) is 128 Å². The van der Waals surface area contributed by atoms with E-state index in [0.717, 1.165) is 0 Å². The molecule has 172 valence electrons. The van der Waals surface area contributed by atoms with Crippen LogP contribution in [-0.2, 0) is 14.8 Å². The molecule has 3 aromatic rings. The van der Waals surface area contributed by atoms with Crippen LogP contribution in [0.2, 0.25) is 10.0 Å². The van der Waals surface area contributed by atoms with Gasteiger partial charge in [-0.3, -0.25) is 19.6 Å². The van der Waals surface area contributed by atoms with Crippen molar-refractivity contribution in [2.24, 2.45) is 0 Å². The molecule has 0 unspecified atom stereocenters. The number of halogens is 2. The van der Waals surface area contributed by atoms with Crippen molar-refractivity contribution >= 4 is 56.2 Å². The van der Waals surface area contributed by atoms with Crippen LogP contribution in [0, 0.1) is 17.0 Å². The molecule has 0 spiro atoms. The number of nitro benzene ring substituents is 1. The highest BCUT2D eigenvalue weighted by atomic mass is 35.5. The van der Waals surface area contributed by atoms with Crippen LogP contribution in [0.25, 0.3) is 0 Å². The minimum absolute atomic E-state index is 0.0300. The Hall–Kier alpha value is -3.34. The fourth-order valence-corrected chi connectivity index (χ4v) is 4.03. The predicted octanol–water partition coefficient (Wildman–Crippen LogP) is 5.03. The fraction of sp³-hybridized carbons (Fsp3) is 0.0952. The molecule has 0 aliphatic carbocycles. The number of ether oxygens (including phenoxy) is 1. The van der Waals surface area contributed by atoms with E-state index in [4.69, 9.17) is 27.9 Å². The van der Waals surface area contributed by atoms with Gasteiger partial charge < -0.3 is 10.1 Å². The molecule has 12 heteroatoms. The van der Waals surface area contributed by atoms with Gasteiger partial charge in [0.2, 0.25) is 0 Å². The number of anilines is 2. The lowest BCUT2D eigenvalue weighted by molar-refractivity contribution is -0.384. The van der Waals surface area contributed by atoms with E-state index in [0.29, 0.717) is 16.3 Å². The summed E-state index contributed by atoms with van der Waals surface area (Å²) in [7, 11) is -3.89. The molecule has 0 bridgehead atoms. The Morgan fingerprint density at radius 3 is 2.36 bits per heavy atom. The molecule has 0 aromatic heterocycles. The van der Waals surface area contributed by atoms with E-state index in [9.17, 15) is 23.3 Å². The van der Waals surface area contributed by atoms with Crippen LogP contribution < -0.4 is 14.8 Å². The summed E-state index contributed by atoms with van der Waals surface area (Å²) in [5.74, 6) is -0.272. The molecule has 0 saturated carbocycles. The Kier molecular flexibility index (Phi) is 7.42. The van der Waals surface area contributed by atoms with E-state index in [1.54, 1.807) is 6.92 Å². The number of sulfonamides is 1. The molecule has 3 aromatic carbocycles. The fourth-order valence-electron chi connectivity index (χ4n) is 2.68. The highest BCUT2D eigenvalue weighted by Gasteiger charge is 2.16. The number of non-ortho nitro benzene ring substituents is 1. The molecular weight excluding hydrogens is 493 g/mol. The minimum Gasteiger partial charge on any atom is -0.484 e. The van der Waals surface area contributed by atoms with Crippen LogP contribution in [-0.4, -0.2) is 25.9 Å². The van der Waals surface area contributed by atoms with Crippen LogP contribution >= 0.6 is 23.2 Å². The van der Waals surface area contributed by atoms with Crippen LogP contribution in [0.15, 0.2) is 65.6 Å². The minimum atomic E-state index is -3.89. The average molecular weight is 510 g/mol. The van der Waals surface area contributed by atoms with Gasteiger partial charge in [-0.1, -0.05) is 29.3 Å². The van der Waals surface area contributed by atoms with Crippen molar-refractivity contribution in [2.75, 3.05) is 16.6 Å². The molecule has 0 aliphatic heterocycles. The first-order chi connectivity index (χ1) is 15.5. The summed E-state index contributed by atoms with van der Waals surface area (Å²) < 4.78 is 32.9.